The lowest BCUT2D eigenvalue weighted by molar-refractivity contribution is 0.0438. The highest BCUT2D eigenvalue weighted by molar-refractivity contribution is 6.17. The van der Waals surface area contributed by atoms with Gasteiger partial charge in [-0.15, -0.1) is 11.6 Å². The van der Waals surface area contributed by atoms with Crippen LogP contribution in [0.5, 0.6) is 0 Å². The summed E-state index contributed by atoms with van der Waals surface area (Å²) in [5.41, 5.74) is 1.06. The van der Waals surface area contributed by atoms with Crippen LogP contribution in [0.1, 0.15) is 42.1 Å². The van der Waals surface area contributed by atoms with Crippen LogP contribution in [-0.4, -0.2) is 34.6 Å². The van der Waals surface area contributed by atoms with E-state index >= 15 is 0 Å². The standard InChI is InChI=1S/C15H20ClNO2/c1-15(19)7-2-9-17(10-8-15)14(18)13-5-3-12(11-16)4-6-13/h3-6,19H,2,7-11H2,1H3. The topological polar surface area (TPSA) is 40.5 Å². The van der Waals surface area contributed by atoms with E-state index in [1.165, 1.54) is 0 Å². The SMILES string of the molecule is CC1(O)CCCN(C(=O)c2ccc(CCl)cc2)CC1. The number of rotatable bonds is 2. The van der Waals surface area contributed by atoms with Crippen LogP contribution < -0.4 is 0 Å². The summed E-state index contributed by atoms with van der Waals surface area (Å²) in [6.45, 7) is 3.17. The number of halogens is 1. The molecule has 1 atom stereocenters. The second kappa shape index (κ2) is 5.93. The number of alkyl halides is 1. The van der Waals surface area contributed by atoms with Crippen molar-refractivity contribution in [3.63, 3.8) is 0 Å². The first-order valence-corrected chi connectivity index (χ1v) is 7.22. The summed E-state index contributed by atoms with van der Waals surface area (Å²) >= 11 is 5.74. The highest BCUT2D eigenvalue weighted by Gasteiger charge is 2.27. The van der Waals surface area contributed by atoms with Crippen LogP contribution in [0.25, 0.3) is 0 Å². The fraction of sp³-hybridized carbons (Fsp3) is 0.533. The van der Waals surface area contributed by atoms with E-state index in [4.69, 9.17) is 11.6 Å². The Morgan fingerprint density at radius 1 is 1.32 bits per heavy atom. The molecule has 0 aromatic heterocycles. The van der Waals surface area contributed by atoms with Gasteiger partial charge in [0.2, 0.25) is 0 Å². The predicted octanol–water partition coefficient (Wildman–Crippen LogP) is 2.80. The number of amides is 1. The maximum atomic E-state index is 12.4. The van der Waals surface area contributed by atoms with Crippen molar-refractivity contribution < 1.29 is 9.90 Å². The van der Waals surface area contributed by atoms with Crippen LogP contribution in [0.4, 0.5) is 0 Å². The van der Waals surface area contributed by atoms with Crippen LogP contribution in [0.2, 0.25) is 0 Å². The zero-order valence-electron chi connectivity index (χ0n) is 11.2. The molecular formula is C15H20ClNO2. The first-order valence-electron chi connectivity index (χ1n) is 6.68. The zero-order valence-corrected chi connectivity index (χ0v) is 12.0. The lowest BCUT2D eigenvalue weighted by Gasteiger charge is -2.22. The van der Waals surface area contributed by atoms with Gasteiger partial charge >= 0.3 is 0 Å². The lowest BCUT2D eigenvalue weighted by atomic mass is 9.98. The lowest BCUT2D eigenvalue weighted by Crippen LogP contribution is -2.33. The molecule has 0 bridgehead atoms. The molecule has 1 aliphatic rings. The number of likely N-dealkylation sites (tertiary alicyclic amines) is 1. The maximum absolute atomic E-state index is 12.4. The van der Waals surface area contributed by atoms with Gasteiger partial charge in [0.05, 0.1) is 5.60 Å². The van der Waals surface area contributed by atoms with Crippen molar-refractivity contribution >= 4 is 17.5 Å². The molecule has 19 heavy (non-hydrogen) atoms. The average Bonchev–Trinajstić information content (AvgIpc) is 2.59. The molecule has 1 aromatic carbocycles. The molecule has 4 heteroatoms. The van der Waals surface area contributed by atoms with Crippen LogP contribution in [0.3, 0.4) is 0 Å². The first-order chi connectivity index (χ1) is 9.02. The van der Waals surface area contributed by atoms with Gasteiger partial charge in [0.1, 0.15) is 0 Å². The minimum Gasteiger partial charge on any atom is -0.390 e. The largest absolute Gasteiger partial charge is 0.390 e. The van der Waals surface area contributed by atoms with Gasteiger partial charge in [0.15, 0.2) is 0 Å². The maximum Gasteiger partial charge on any atom is 0.253 e. The minimum absolute atomic E-state index is 0.0406. The molecule has 1 aliphatic heterocycles. The molecule has 0 radical (unpaired) electrons. The van der Waals surface area contributed by atoms with Gasteiger partial charge in [-0.1, -0.05) is 12.1 Å². The second-order valence-electron chi connectivity index (χ2n) is 5.47. The van der Waals surface area contributed by atoms with Crippen molar-refractivity contribution in [2.24, 2.45) is 0 Å². The number of carbonyl (C=O) groups is 1. The van der Waals surface area contributed by atoms with Gasteiger partial charge in [-0.25, -0.2) is 0 Å². The Hall–Kier alpha value is -1.06. The molecular weight excluding hydrogens is 262 g/mol. The van der Waals surface area contributed by atoms with Crippen molar-refractivity contribution in [1.29, 1.82) is 0 Å². The van der Waals surface area contributed by atoms with E-state index in [9.17, 15) is 9.90 Å². The van der Waals surface area contributed by atoms with Crippen LogP contribution in [0, 0.1) is 0 Å². The third-order valence-electron chi connectivity index (χ3n) is 3.71. The molecule has 1 heterocycles. The molecule has 104 valence electrons. The smallest absolute Gasteiger partial charge is 0.253 e. The van der Waals surface area contributed by atoms with E-state index in [0.717, 1.165) is 18.4 Å². The number of nitrogens with zero attached hydrogens (tertiary/aromatic N) is 1. The summed E-state index contributed by atoms with van der Waals surface area (Å²) in [5, 5.41) is 10.0. The molecule has 3 nitrogen and oxygen atoms in total. The number of hydrogen-bond acceptors (Lipinski definition) is 2. The fourth-order valence-corrected chi connectivity index (χ4v) is 2.56. The van der Waals surface area contributed by atoms with Gasteiger partial charge in [-0.3, -0.25) is 4.79 Å². The van der Waals surface area contributed by atoms with Crippen molar-refractivity contribution in [1.82, 2.24) is 4.90 Å². The Labute approximate surface area is 119 Å². The Kier molecular flexibility index (Phi) is 4.48. The monoisotopic (exact) mass is 281 g/mol. The summed E-state index contributed by atoms with van der Waals surface area (Å²) in [6, 6.07) is 7.41. The van der Waals surface area contributed by atoms with E-state index in [0.29, 0.717) is 31.0 Å². The van der Waals surface area contributed by atoms with Gasteiger partial charge in [-0.2, -0.15) is 0 Å². The van der Waals surface area contributed by atoms with E-state index in [2.05, 4.69) is 0 Å². The Bertz CT molecular complexity index is 442. The van der Waals surface area contributed by atoms with Crippen molar-refractivity contribution in [3.8, 4) is 0 Å². The highest BCUT2D eigenvalue weighted by Crippen LogP contribution is 2.22. The molecule has 1 unspecified atom stereocenters. The van der Waals surface area contributed by atoms with Crippen molar-refractivity contribution in [2.75, 3.05) is 13.1 Å². The summed E-state index contributed by atoms with van der Waals surface area (Å²) < 4.78 is 0. The number of benzene rings is 1. The van der Waals surface area contributed by atoms with Crippen molar-refractivity contribution in [3.05, 3.63) is 35.4 Å². The summed E-state index contributed by atoms with van der Waals surface area (Å²) in [7, 11) is 0. The van der Waals surface area contributed by atoms with E-state index in [1.54, 1.807) is 0 Å². The van der Waals surface area contributed by atoms with Crippen molar-refractivity contribution in [2.45, 2.75) is 37.7 Å². The number of aliphatic hydroxyl groups is 1. The normalized spacial score (nSPS) is 24.1. The zero-order chi connectivity index (χ0) is 13.9. The van der Waals surface area contributed by atoms with Crippen LogP contribution >= 0.6 is 11.6 Å². The number of hydrogen-bond donors (Lipinski definition) is 1. The average molecular weight is 282 g/mol. The molecule has 1 fully saturated rings. The quantitative estimate of drug-likeness (QED) is 0.847. The Balaban J connectivity index is 2.06. The highest BCUT2D eigenvalue weighted by atomic mass is 35.5. The Morgan fingerprint density at radius 3 is 2.63 bits per heavy atom. The summed E-state index contributed by atoms with van der Waals surface area (Å²) in [4.78, 5) is 14.2. The first kappa shape index (κ1) is 14.4. The minimum atomic E-state index is -0.641. The Morgan fingerprint density at radius 2 is 2.00 bits per heavy atom. The van der Waals surface area contributed by atoms with Gasteiger partial charge < -0.3 is 10.0 Å². The molecule has 1 N–H and O–H groups in total. The fourth-order valence-electron chi connectivity index (χ4n) is 2.39. The molecule has 0 spiro atoms. The van der Waals surface area contributed by atoms with E-state index in [-0.39, 0.29) is 5.91 Å². The molecule has 1 aromatic rings. The third kappa shape index (κ3) is 3.71. The molecule has 2 rings (SSSR count). The van der Waals surface area contributed by atoms with E-state index in [1.807, 2.05) is 36.1 Å². The van der Waals surface area contributed by atoms with Crippen LogP contribution in [0.15, 0.2) is 24.3 Å². The van der Waals surface area contributed by atoms with Gasteiger partial charge in [-0.05, 0) is 43.9 Å². The summed E-state index contributed by atoms with van der Waals surface area (Å²) in [5.74, 6) is 0.500. The molecule has 0 aliphatic carbocycles. The number of carbonyl (C=O) groups excluding carboxylic acids is 1. The molecule has 1 saturated heterocycles. The van der Waals surface area contributed by atoms with Gasteiger partial charge in [0, 0.05) is 24.5 Å². The molecule has 0 saturated carbocycles. The second-order valence-corrected chi connectivity index (χ2v) is 5.74. The van der Waals surface area contributed by atoms with Crippen LogP contribution in [-0.2, 0) is 5.88 Å². The van der Waals surface area contributed by atoms with Gasteiger partial charge in [0.25, 0.3) is 5.91 Å². The third-order valence-corrected chi connectivity index (χ3v) is 4.01. The van der Waals surface area contributed by atoms with E-state index < -0.39 is 5.60 Å². The predicted molar refractivity (Wildman–Crippen MR) is 76.4 cm³/mol. The summed E-state index contributed by atoms with van der Waals surface area (Å²) in [6.07, 6.45) is 2.24. The molecule has 1 amide bonds.